The first-order valence-corrected chi connectivity index (χ1v) is 19.6. The molecule has 0 unspecified atom stereocenters. The molecule has 0 saturated carbocycles. The Kier molecular flexibility index (Phi) is 9.61. The van der Waals surface area contributed by atoms with Crippen molar-refractivity contribution in [3.8, 4) is 0 Å². The van der Waals surface area contributed by atoms with Crippen LogP contribution in [-0.2, 0) is 33.8 Å². The number of hydrogen-bond acceptors (Lipinski definition) is 0. The molecule has 0 heterocycles. The van der Waals surface area contributed by atoms with E-state index in [4.69, 9.17) is 0 Å². The zero-order valence-corrected chi connectivity index (χ0v) is 26.2. The van der Waals surface area contributed by atoms with Gasteiger partial charge < -0.3 is 0 Å². The van der Waals surface area contributed by atoms with Crippen molar-refractivity contribution < 1.29 is 23.0 Å². The number of benzene rings is 2. The number of hydrogen-bond donors (Lipinski definition) is 0. The van der Waals surface area contributed by atoms with Gasteiger partial charge >= 0.3 is 41.6 Å². The van der Waals surface area contributed by atoms with Crippen molar-refractivity contribution in [2.24, 2.45) is 0 Å². The molecule has 0 fully saturated rings. The first-order chi connectivity index (χ1) is 14.8. The Hall–Kier alpha value is -1.12. The van der Waals surface area contributed by atoms with Crippen LogP contribution in [0.25, 0.3) is 21.5 Å². The second kappa shape index (κ2) is 11.3. The molecular formula is C30H40HfSi. The van der Waals surface area contributed by atoms with Crippen LogP contribution < -0.4 is 0 Å². The summed E-state index contributed by atoms with van der Waals surface area (Å²) in [6.45, 7) is 20.4. The van der Waals surface area contributed by atoms with Crippen LogP contribution in [0.15, 0.2) is 60.2 Å². The molecule has 0 saturated heterocycles. The van der Waals surface area contributed by atoms with Gasteiger partial charge in [-0.05, 0) is 10.8 Å². The monoisotopic (exact) mass is 608 g/mol. The standard InChI is InChI=1S/C21H25.C7H9.C2H6Si.Hf/c1-20(2,3)16-7-9-18-14(12-16)11-15-13-17(21(4,5)6)8-10-19(15)18;1-2-7-5-3-4-6-7;1-3-2;/h7-13H,1-6H3;3,5H,2,4H2,1H3;1-2H3;/q2*-1;;+2. The molecule has 0 N–H and O–H groups in total. The zero-order valence-electron chi connectivity index (χ0n) is 21.6. The summed E-state index contributed by atoms with van der Waals surface area (Å²) in [6, 6.07) is 16.2. The third-order valence-corrected chi connectivity index (χ3v) is 5.58. The molecule has 0 aliphatic heterocycles. The predicted octanol–water partition coefficient (Wildman–Crippen LogP) is 9.18. The molecule has 0 bridgehead atoms. The third-order valence-electron chi connectivity index (χ3n) is 5.58. The average Bonchev–Trinajstić information content (AvgIpc) is 3.33. The van der Waals surface area contributed by atoms with Gasteiger partial charge in [-0.25, -0.2) is 11.6 Å². The molecule has 4 rings (SSSR count). The summed E-state index contributed by atoms with van der Waals surface area (Å²) in [6.07, 6.45) is 9.65. The summed E-state index contributed by atoms with van der Waals surface area (Å²) < 4.78 is 0. The first kappa shape index (κ1) is 27.1. The normalized spacial score (nSPS) is 13.4. The maximum absolute atomic E-state index is 3.21. The van der Waals surface area contributed by atoms with Crippen molar-refractivity contribution in [1.29, 1.82) is 0 Å². The van der Waals surface area contributed by atoms with E-state index in [-0.39, 0.29) is 16.3 Å². The van der Waals surface area contributed by atoms with E-state index in [0.717, 1.165) is 12.8 Å². The van der Waals surface area contributed by atoms with E-state index in [2.05, 4.69) is 122 Å². The van der Waals surface area contributed by atoms with Gasteiger partial charge in [-0.3, -0.25) is 6.08 Å². The van der Waals surface area contributed by atoms with Gasteiger partial charge in [0.15, 0.2) is 0 Å². The Bertz CT molecular complexity index is 1060. The Morgan fingerprint density at radius 3 is 1.59 bits per heavy atom. The van der Waals surface area contributed by atoms with Crippen LogP contribution in [0, 0.1) is 6.08 Å². The third kappa shape index (κ3) is 7.73. The number of fused-ring (bicyclic) bond motifs is 3. The van der Waals surface area contributed by atoms with Gasteiger partial charge in [-0.1, -0.05) is 90.3 Å². The quantitative estimate of drug-likeness (QED) is 0.191. The Morgan fingerprint density at radius 1 is 0.875 bits per heavy atom. The molecular weight excluding hydrogens is 567 g/mol. The second-order valence-electron chi connectivity index (χ2n) is 10.9. The Morgan fingerprint density at radius 2 is 1.31 bits per heavy atom. The fourth-order valence-corrected chi connectivity index (χ4v) is 3.65. The van der Waals surface area contributed by atoms with Gasteiger partial charge in [-0.2, -0.15) is 6.08 Å². The Labute approximate surface area is 211 Å². The van der Waals surface area contributed by atoms with Crippen LogP contribution in [-0.4, -0.2) is 5.49 Å². The van der Waals surface area contributed by atoms with E-state index in [1.54, 1.807) is 0 Å². The van der Waals surface area contributed by atoms with E-state index >= 15 is 0 Å². The second-order valence-corrected chi connectivity index (χ2v) is 23.7. The molecule has 2 heteroatoms. The van der Waals surface area contributed by atoms with Gasteiger partial charge in [0.1, 0.15) is 0 Å². The molecule has 1 aliphatic carbocycles. The van der Waals surface area contributed by atoms with Crippen molar-refractivity contribution in [1.82, 2.24) is 0 Å². The molecule has 3 aromatic rings. The van der Waals surface area contributed by atoms with Crippen LogP contribution in [0.3, 0.4) is 0 Å². The molecule has 0 spiro atoms. The van der Waals surface area contributed by atoms with Crippen molar-refractivity contribution >= 4 is 27.0 Å². The van der Waals surface area contributed by atoms with Crippen molar-refractivity contribution in [3.05, 3.63) is 77.4 Å². The van der Waals surface area contributed by atoms with Crippen LogP contribution in [0.4, 0.5) is 0 Å². The number of allylic oxidation sites excluding steroid dienone is 4. The molecule has 1 aliphatic rings. The van der Waals surface area contributed by atoms with Gasteiger partial charge in [0.25, 0.3) is 0 Å². The van der Waals surface area contributed by atoms with Crippen molar-refractivity contribution in [3.63, 3.8) is 0 Å². The molecule has 0 nitrogen and oxygen atoms in total. The fourth-order valence-electron chi connectivity index (χ4n) is 3.65. The summed E-state index contributed by atoms with van der Waals surface area (Å²) in [4.78, 5) is 0. The van der Waals surface area contributed by atoms with Crippen LogP contribution in [0.5, 0.6) is 0 Å². The molecule has 0 radical (unpaired) electrons. The SMILES string of the molecule is CC(C)(C)c1ccc2c(c1)[cH-]c1cc(C(C)(C)C)ccc12.CCC1=[C-]CC=C1.C[Si](C)=[Hf+2]. The topological polar surface area (TPSA) is 0 Å². The molecule has 32 heavy (non-hydrogen) atoms. The van der Waals surface area contributed by atoms with E-state index in [1.165, 1.54) is 61.2 Å². The van der Waals surface area contributed by atoms with Gasteiger partial charge in [0.05, 0.1) is 0 Å². The van der Waals surface area contributed by atoms with Crippen molar-refractivity contribution in [2.75, 3.05) is 0 Å². The summed E-state index contributed by atoms with van der Waals surface area (Å²) in [5.41, 5.74) is 4.83. The van der Waals surface area contributed by atoms with E-state index in [1.807, 2.05) is 0 Å². The van der Waals surface area contributed by atoms with Gasteiger partial charge in [-0.15, -0.1) is 46.2 Å². The molecule has 0 amide bonds. The van der Waals surface area contributed by atoms with Gasteiger partial charge in [0.2, 0.25) is 0 Å². The minimum atomic E-state index is 0.203. The van der Waals surface area contributed by atoms with E-state index in [0.29, 0.717) is 0 Å². The predicted molar refractivity (Wildman–Crippen MR) is 143 cm³/mol. The van der Waals surface area contributed by atoms with Crippen molar-refractivity contribution in [2.45, 2.75) is 85.2 Å². The summed E-state index contributed by atoms with van der Waals surface area (Å²) in [5.74, 6) is 0. The van der Waals surface area contributed by atoms with Crippen LogP contribution >= 0.6 is 0 Å². The summed E-state index contributed by atoms with van der Waals surface area (Å²) in [7, 11) is 0. The van der Waals surface area contributed by atoms with Crippen LogP contribution in [0.1, 0.15) is 72.4 Å². The van der Waals surface area contributed by atoms with E-state index in [9.17, 15) is 0 Å². The first-order valence-electron chi connectivity index (χ1n) is 11.7. The number of rotatable bonds is 1. The van der Waals surface area contributed by atoms with Crippen LogP contribution in [0.2, 0.25) is 13.1 Å². The molecule has 0 atom stereocenters. The molecule has 3 aromatic carbocycles. The maximum atomic E-state index is 3.21. The molecule has 0 aromatic heterocycles. The summed E-state index contributed by atoms with van der Waals surface area (Å²) in [5, 5.41) is 5.48. The molecule has 168 valence electrons. The average molecular weight is 607 g/mol. The van der Waals surface area contributed by atoms with Gasteiger partial charge in [0, 0.05) is 0 Å². The van der Waals surface area contributed by atoms with E-state index < -0.39 is 0 Å². The summed E-state index contributed by atoms with van der Waals surface area (Å²) >= 11 is 1.45. The zero-order chi connectivity index (χ0) is 24.1. The minimum absolute atomic E-state index is 0.203. The Balaban J connectivity index is 0.000000273. The fraction of sp³-hybridized carbons (Fsp3) is 0.433.